The summed E-state index contributed by atoms with van der Waals surface area (Å²) in [5, 5.41) is 2.93. The number of benzene rings is 1. The van der Waals surface area contributed by atoms with Crippen LogP contribution in [0.4, 0.5) is 0 Å². The molecule has 0 aromatic heterocycles. The van der Waals surface area contributed by atoms with Gasteiger partial charge in [-0.25, -0.2) is 8.42 Å². The molecule has 1 N–H and O–H groups in total. The van der Waals surface area contributed by atoms with Crippen LogP contribution in [0.15, 0.2) is 23.1 Å². The minimum Gasteiger partial charge on any atom is -0.355 e. The minimum absolute atomic E-state index is 0.0202. The van der Waals surface area contributed by atoms with E-state index >= 15 is 0 Å². The second-order valence-electron chi connectivity index (χ2n) is 7.01. The first-order chi connectivity index (χ1) is 12.3. The number of piperazine rings is 1. The van der Waals surface area contributed by atoms with E-state index in [0.717, 1.165) is 30.4 Å². The number of aryl methyl sites for hydroxylation is 2. The zero-order valence-electron chi connectivity index (χ0n) is 16.1. The fraction of sp³-hybridized carbons (Fsp3) is 0.632. The van der Waals surface area contributed by atoms with Crippen LogP contribution in [-0.4, -0.2) is 62.8 Å². The number of unbranched alkanes of at least 4 members (excludes halogenated alkanes) is 2. The maximum Gasteiger partial charge on any atom is 0.243 e. The number of amides is 1. The number of nitrogens with zero attached hydrogens (tertiary/aromatic N) is 2. The van der Waals surface area contributed by atoms with Crippen molar-refractivity contribution in [2.75, 3.05) is 39.3 Å². The van der Waals surface area contributed by atoms with Crippen molar-refractivity contribution in [2.45, 2.75) is 44.9 Å². The molecule has 1 heterocycles. The van der Waals surface area contributed by atoms with Crippen LogP contribution in [0.3, 0.4) is 0 Å². The van der Waals surface area contributed by atoms with Gasteiger partial charge in [0, 0.05) is 32.7 Å². The van der Waals surface area contributed by atoms with Crippen LogP contribution in [0.1, 0.15) is 37.3 Å². The van der Waals surface area contributed by atoms with Crippen LogP contribution in [-0.2, 0) is 14.8 Å². The van der Waals surface area contributed by atoms with E-state index in [9.17, 15) is 13.2 Å². The van der Waals surface area contributed by atoms with Crippen LogP contribution in [0.2, 0.25) is 0 Å². The molecule has 7 heteroatoms. The Labute approximate surface area is 157 Å². The van der Waals surface area contributed by atoms with Crippen molar-refractivity contribution in [1.82, 2.24) is 14.5 Å². The Morgan fingerprint density at radius 1 is 1.12 bits per heavy atom. The van der Waals surface area contributed by atoms with Crippen LogP contribution in [0, 0.1) is 13.8 Å². The topological polar surface area (TPSA) is 69.7 Å². The third kappa shape index (κ3) is 5.53. The molecule has 1 aliphatic heterocycles. The molecule has 1 aromatic carbocycles. The zero-order chi connectivity index (χ0) is 19.2. The third-order valence-corrected chi connectivity index (χ3v) is 6.81. The van der Waals surface area contributed by atoms with Gasteiger partial charge in [0.25, 0.3) is 0 Å². The predicted molar refractivity (Wildman–Crippen MR) is 104 cm³/mol. The summed E-state index contributed by atoms with van der Waals surface area (Å²) in [6, 6.07) is 5.42. The summed E-state index contributed by atoms with van der Waals surface area (Å²) in [6.45, 7) is 8.95. The highest BCUT2D eigenvalue weighted by atomic mass is 32.2. The van der Waals surface area contributed by atoms with Gasteiger partial charge in [0.1, 0.15) is 0 Å². The van der Waals surface area contributed by atoms with Crippen molar-refractivity contribution in [3.8, 4) is 0 Å². The Hall–Kier alpha value is -1.44. The second-order valence-corrected chi connectivity index (χ2v) is 8.91. The molecular formula is C19H31N3O3S. The number of sulfonamides is 1. The summed E-state index contributed by atoms with van der Waals surface area (Å²) in [4.78, 5) is 14.4. The normalized spacial score (nSPS) is 16.6. The van der Waals surface area contributed by atoms with Crippen LogP contribution < -0.4 is 5.32 Å². The molecule has 0 saturated carbocycles. The van der Waals surface area contributed by atoms with Crippen molar-refractivity contribution in [1.29, 1.82) is 0 Å². The number of carbonyl (C=O) groups is 1. The summed E-state index contributed by atoms with van der Waals surface area (Å²) in [6.07, 6.45) is 3.26. The Morgan fingerprint density at radius 3 is 2.42 bits per heavy atom. The molecule has 0 spiro atoms. The highest BCUT2D eigenvalue weighted by molar-refractivity contribution is 7.89. The number of carbonyl (C=O) groups excluding carboxylic acids is 1. The van der Waals surface area contributed by atoms with Gasteiger partial charge in [0.2, 0.25) is 15.9 Å². The maximum absolute atomic E-state index is 12.9. The van der Waals surface area contributed by atoms with Crippen molar-refractivity contribution >= 4 is 15.9 Å². The quantitative estimate of drug-likeness (QED) is 0.699. The lowest BCUT2D eigenvalue weighted by Gasteiger charge is -2.33. The van der Waals surface area contributed by atoms with E-state index in [1.54, 1.807) is 6.07 Å². The Balaban J connectivity index is 1.86. The second kappa shape index (κ2) is 9.48. The first-order valence-corrected chi connectivity index (χ1v) is 10.8. The molecular weight excluding hydrogens is 350 g/mol. The molecule has 6 nitrogen and oxygen atoms in total. The lowest BCUT2D eigenvalue weighted by Crippen LogP contribution is -2.51. The van der Waals surface area contributed by atoms with Gasteiger partial charge >= 0.3 is 0 Å². The number of hydrogen-bond acceptors (Lipinski definition) is 4. The van der Waals surface area contributed by atoms with Gasteiger partial charge in [0.05, 0.1) is 11.4 Å². The molecule has 0 aliphatic carbocycles. The molecule has 0 radical (unpaired) electrons. The molecule has 2 rings (SSSR count). The fourth-order valence-corrected chi connectivity index (χ4v) is 4.85. The van der Waals surface area contributed by atoms with Crippen molar-refractivity contribution in [3.63, 3.8) is 0 Å². The van der Waals surface area contributed by atoms with Gasteiger partial charge in [-0.15, -0.1) is 0 Å². The smallest absolute Gasteiger partial charge is 0.243 e. The monoisotopic (exact) mass is 381 g/mol. The van der Waals surface area contributed by atoms with Crippen LogP contribution in [0.25, 0.3) is 0 Å². The molecule has 1 aliphatic rings. The fourth-order valence-electron chi connectivity index (χ4n) is 3.22. The Bertz CT molecular complexity index is 711. The molecule has 1 saturated heterocycles. The van der Waals surface area contributed by atoms with E-state index in [0.29, 0.717) is 44.2 Å². The van der Waals surface area contributed by atoms with Crippen molar-refractivity contribution in [2.24, 2.45) is 0 Å². The molecule has 0 unspecified atom stereocenters. The maximum atomic E-state index is 12.9. The summed E-state index contributed by atoms with van der Waals surface area (Å²) in [7, 11) is -3.48. The number of nitrogens with one attached hydrogen (secondary N) is 1. The van der Waals surface area contributed by atoms with E-state index in [1.807, 2.05) is 30.9 Å². The zero-order valence-corrected chi connectivity index (χ0v) is 16.9. The number of rotatable bonds is 8. The average Bonchev–Trinajstić information content (AvgIpc) is 2.59. The van der Waals surface area contributed by atoms with E-state index in [1.165, 1.54) is 4.31 Å². The Kier molecular flexibility index (Phi) is 7.61. The summed E-state index contributed by atoms with van der Waals surface area (Å²) >= 11 is 0. The lowest BCUT2D eigenvalue weighted by atomic mass is 10.2. The van der Waals surface area contributed by atoms with Crippen molar-refractivity contribution < 1.29 is 13.2 Å². The highest BCUT2D eigenvalue weighted by Crippen LogP contribution is 2.22. The van der Waals surface area contributed by atoms with Gasteiger partial charge in [-0.1, -0.05) is 37.5 Å². The minimum atomic E-state index is -3.48. The molecule has 1 aromatic rings. The standard InChI is InChI=1S/C19H31N3O3S/c1-4-5-6-9-20-19(23)15-21-10-12-22(13-11-21)26(24,25)18-8-7-16(2)14-17(18)3/h7-8,14H,4-6,9-13,15H2,1-3H3,(H,20,23). The first kappa shape index (κ1) is 20.9. The van der Waals surface area contributed by atoms with E-state index in [-0.39, 0.29) is 5.91 Å². The average molecular weight is 382 g/mol. The number of hydrogen-bond donors (Lipinski definition) is 1. The SMILES string of the molecule is CCCCCNC(=O)CN1CCN(S(=O)(=O)c2ccc(C)cc2C)CC1. The molecule has 1 fully saturated rings. The van der Waals surface area contributed by atoms with E-state index in [4.69, 9.17) is 0 Å². The highest BCUT2D eigenvalue weighted by Gasteiger charge is 2.29. The largest absolute Gasteiger partial charge is 0.355 e. The summed E-state index contributed by atoms with van der Waals surface area (Å²) in [5.74, 6) is 0.0202. The van der Waals surface area contributed by atoms with Gasteiger partial charge < -0.3 is 5.32 Å². The summed E-state index contributed by atoms with van der Waals surface area (Å²) in [5.41, 5.74) is 1.83. The van der Waals surface area contributed by atoms with Gasteiger partial charge in [-0.3, -0.25) is 9.69 Å². The van der Waals surface area contributed by atoms with Crippen LogP contribution in [0.5, 0.6) is 0 Å². The molecule has 0 bridgehead atoms. The molecule has 26 heavy (non-hydrogen) atoms. The van der Waals surface area contributed by atoms with Gasteiger partial charge in [0.15, 0.2) is 0 Å². The third-order valence-electron chi connectivity index (χ3n) is 4.75. The van der Waals surface area contributed by atoms with E-state index in [2.05, 4.69) is 12.2 Å². The Morgan fingerprint density at radius 2 is 1.81 bits per heavy atom. The van der Waals surface area contributed by atoms with Gasteiger partial charge in [-0.2, -0.15) is 4.31 Å². The molecule has 1 amide bonds. The summed E-state index contributed by atoms with van der Waals surface area (Å²) < 4.78 is 27.3. The lowest BCUT2D eigenvalue weighted by molar-refractivity contribution is -0.122. The molecule has 0 atom stereocenters. The first-order valence-electron chi connectivity index (χ1n) is 9.41. The van der Waals surface area contributed by atoms with Crippen LogP contribution >= 0.6 is 0 Å². The molecule has 146 valence electrons. The van der Waals surface area contributed by atoms with E-state index < -0.39 is 10.0 Å². The van der Waals surface area contributed by atoms with Crippen molar-refractivity contribution in [3.05, 3.63) is 29.3 Å². The predicted octanol–water partition coefficient (Wildman–Crippen LogP) is 1.92. The van der Waals surface area contributed by atoms with Gasteiger partial charge in [-0.05, 0) is 31.9 Å².